The zero-order valence-corrected chi connectivity index (χ0v) is 33.6. The predicted octanol–water partition coefficient (Wildman–Crippen LogP) is 11.4. The van der Waals surface area contributed by atoms with Crippen LogP contribution in [0.15, 0.2) is 188 Å². The first-order chi connectivity index (χ1) is 26.7. The molecule has 10 aromatic rings. The number of fused-ring (bicyclic) bond motifs is 7. The predicted molar refractivity (Wildman–Crippen MR) is 234 cm³/mol. The van der Waals surface area contributed by atoms with Crippen molar-refractivity contribution < 1.29 is 0 Å². The average molecular weight is 801 g/mol. The summed E-state index contributed by atoms with van der Waals surface area (Å²) in [6.07, 6.45) is 0. The molecule has 0 unspecified atom stereocenters. The van der Waals surface area contributed by atoms with E-state index >= 15 is 0 Å². The van der Waals surface area contributed by atoms with E-state index < -0.39 is 0 Å². The maximum absolute atomic E-state index is 2.50. The molecule has 0 aliphatic carbocycles. The topological polar surface area (TPSA) is 0 Å². The molecule has 0 amide bonds. The molecule has 1 heterocycles. The van der Waals surface area contributed by atoms with E-state index in [0.717, 1.165) is 0 Å². The molecular formula is C52H31Ge2. The summed E-state index contributed by atoms with van der Waals surface area (Å²) in [4.78, 5) is 0. The van der Waals surface area contributed by atoms with Crippen molar-refractivity contribution in [2.75, 3.05) is 0 Å². The van der Waals surface area contributed by atoms with Crippen molar-refractivity contribution in [3.8, 4) is 55.6 Å². The third kappa shape index (κ3) is 5.05. The maximum atomic E-state index is 2.50. The summed E-state index contributed by atoms with van der Waals surface area (Å²) >= 11 is 1.84. The minimum atomic E-state index is -0.381. The summed E-state index contributed by atoms with van der Waals surface area (Å²) < 4.78 is 4.34. The second-order valence-corrected chi connectivity index (χ2v) is 18.2. The fourth-order valence-electron chi connectivity index (χ4n) is 8.84. The van der Waals surface area contributed by atoms with E-state index in [1.54, 1.807) is 0 Å². The van der Waals surface area contributed by atoms with Gasteiger partial charge in [-0.1, -0.05) is 24.3 Å². The van der Waals surface area contributed by atoms with E-state index in [1.165, 1.54) is 112 Å². The van der Waals surface area contributed by atoms with Gasteiger partial charge < -0.3 is 0 Å². The molecule has 0 atom stereocenters. The normalized spacial score (nSPS) is 12.1. The quantitative estimate of drug-likeness (QED) is 0.123. The molecule has 10 aromatic carbocycles. The zero-order chi connectivity index (χ0) is 35.8. The molecule has 0 nitrogen and oxygen atoms in total. The van der Waals surface area contributed by atoms with Crippen LogP contribution in [0.25, 0.3) is 98.7 Å². The van der Waals surface area contributed by atoms with Crippen LogP contribution in [-0.2, 0) is 0 Å². The standard InChI is InChI=1S/C52H31Ge2/c53-48-23-7-5-16-41(48)38-15-4-3-14-37(38)39-18-9-20-43-46(39)31-47-40(42-22-11-25-50-52(42)45-17-6-8-24-49(45)54-50)19-10-21-44(47)51(43)35-27-26-34-28-32-12-1-2-13-33(32)29-36(34)30-35/h1-31H. The number of hydrogen-bond acceptors (Lipinski definition) is 0. The van der Waals surface area contributed by atoms with Crippen LogP contribution in [0.1, 0.15) is 0 Å². The first kappa shape index (κ1) is 31.8. The van der Waals surface area contributed by atoms with E-state index in [0.29, 0.717) is 0 Å². The van der Waals surface area contributed by atoms with Crippen LogP contribution >= 0.6 is 0 Å². The Hall–Kier alpha value is -5.67. The molecule has 0 bridgehead atoms. The second kappa shape index (κ2) is 12.7. The van der Waals surface area contributed by atoms with Gasteiger partial charge in [0.05, 0.1) is 0 Å². The molecule has 1 aliphatic rings. The van der Waals surface area contributed by atoms with Crippen LogP contribution in [0.4, 0.5) is 0 Å². The SMILES string of the molecule is [Ge][c]1ccccc1-c1ccccc1-c1cccc2c(-c3ccc4cc5ccccc5cc4c3)c3cccc(-c4ccc[c]5c4-c4cccc[c]4[Ge]5)c3cc12. The van der Waals surface area contributed by atoms with Gasteiger partial charge in [-0.25, -0.2) is 0 Å². The Kier molecular flexibility index (Phi) is 7.50. The van der Waals surface area contributed by atoms with Crippen LogP contribution < -0.4 is 13.2 Å². The summed E-state index contributed by atoms with van der Waals surface area (Å²) in [5.41, 5.74) is 13.0. The second-order valence-electron chi connectivity index (χ2n) is 14.3. The monoisotopic (exact) mass is 803 g/mol. The Bertz CT molecular complexity index is 3150. The van der Waals surface area contributed by atoms with Gasteiger partial charge in [-0.05, 0) is 5.39 Å². The van der Waals surface area contributed by atoms with Crippen LogP contribution in [0.2, 0.25) is 0 Å². The molecule has 5 radical (unpaired) electrons. The van der Waals surface area contributed by atoms with E-state index in [9.17, 15) is 0 Å². The number of rotatable bonds is 4. The molecule has 2 heteroatoms. The molecule has 0 aromatic heterocycles. The summed E-state index contributed by atoms with van der Waals surface area (Å²) in [6, 6.07) is 70.6. The first-order valence-corrected chi connectivity index (χ1v) is 21.7. The van der Waals surface area contributed by atoms with Crippen LogP contribution in [0.3, 0.4) is 0 Å². The first-order valence-electron chi connectivity index (χ1n) is 18.5. The molecular weight excluding hydrogens is 770 g/mol. The van der Waals surface area contributed by atoms with Crippen molar-refractivity contribution in [1.29, 1.82) is 0 Å². The Morgan fingerprint density at radius 1 is 0.296 bits per heavy atom. The molecule has 0 saturated carbocycles. The van der Waals surface area contributed by atoms with Gasteiger partial charge >= 0.3 is 302 Å². The van der Waals surface area contributed by atoms with Crippen molar-refractivity contribution in [2.45, 2.75) is 0 Å². The Morgan fingerprint density at radius 2 is 0.815 bits per heavy atom. The van der Waals surface area contributed by atoms with Crippen LogP contribution in [-0.4, -0.2) is 31.9 Å². The third-order valence-electron chi connectivity index (χ3n) is 11.3. The fraction of sp³-hybridized carbons (Fsp3) is 0. The van der Waals surface area contributed by atoms with Gasteiger partial charge in [0.1, 0.15) is 0 Å². The molecule has 54 heavy (non-hydrogen) atoms. The van der Waals surface area contributed by atoms with Crippen molar-refractivity contribution in [2.24, 2.45) is 0 Å². The summed E-state index contributed by atoms with van der Waals surface area (Å²) in [6.45, 7) is 0. The molecule has 0 saturated heterocycles. The van der Waals surface area contributed by atoms with Gasteiger partial charge in [0, 0.05) is 0 Å². The molecule has 0 spiro atoms. The average Bonchev–Trinajstić information content (AvgIpc) is 3.61. The molecule has 11 rings (SSSR count). The van der Waals surface area contributed by atoms with E-state index in [-0.39, 0.29) is 15.4 Å². The van der Waals surface area contributed by atoms with Gasteiger partial charge in [-0.2, -0.15) is 0 Å². The Balaban J connectivity index is 1.25. The Labute approximate surface area is 329 Å². The van der Waals surface area contributed by atoms with Crippen molar-refractivity contribution in [1.82, 2.24) is 0 Å². The van der Waals surface area contributed by atoms with Crippen molar-refractivity contribution in [3.05, 3.63) is 188 Å². The molecule has 1 aliphatic heterocycles. The zero-order valence-electron chi connectivity index (χ0n) is 29.4. The summed E-state index contributed by atoms with van der Waals surface area (Å²) in [7, 11) is 0. The summed E-state index contributed by atoms with van der Waals surface area (Å²) in [5.74, 6) is 0. The van der Waals surface area contributed by atoms with Crippen LogP contribution in [0.5, 0.6) is 0 Å². The summed E-state index contributed by atoms with van der Waals surface area (Å²) in [5, 5.41) is 10.2. The van der Waals surface area contributed by atoms with Gasteiger partial charge in [0.25, 0.3) is 0 Å². The third-order valence-corrected chi connectivity index (χ3v) is 15.1. The Morgan fingerprint density at radius 3 is 1.56 bits per heavy atom. The molecule has 0 N–H and O–H groups in total. The van der Waals surface area contributed by atoms with E-state index in [4.69, 9.17) is 0 Å². The van der Waals surface area contributed by atoms with E-state index in [1.807, 2.05) is 0 Å². The van der Waals surface area contributed by atoms with E-state index in [2.05, 4.69) is 205 Å². The van der Waals surface area contributed by atoms with Crippen LogP contribution in [0, 0.1) is 0 Å². The van der Waals surface area contributed by atoms with Gasteiger partial charge in [-0.15, -0.1) is 0 Å². The molecule has 247 valence electrons. The molecule has 0 fully saturated rings. The van der Waals surface area contributed by atoms with Gasteiger partial charge in [0.15, 0.2) is 0 Å². The minimum absolute atomic E-state index is 0.381. The fourth-order valence-corrected chi connectivity index (χ4v) is 12.4. The number of benzene rings is 10. The van der Waals surface area contributed by atoms with Crippen molar-refractivity contribution in [3.63, 3.8) is 0 Å². The van der Waals surface area contributed by atoms with Gasteiger partial charge in [-0.3, -0.25) is 0 Å². The van der Waals surface area contributed by atoms with Gasteiger partial charge in [0.2, 0.25) is 0 Å². The number of hydrogen-bond donors (Lipinski definition) is 0. The van der Waals surface area contributed by atoms with Crippen molar-refractivity contribution >= 4 is 88.2 Å².